The number of rotatable bonds is 38. The van der Waals surface area contributed by atoms with Crippen LogP contribution in [0.2, 0.25) is 0 Å². The van der Waals surface area contributed by atoms with E-state index in [1.807, 2.05) is 6.08 Å². The van der Waals surface area contributed by atoms with Crippen molar-refractivity contribution < 1.29 is 39.8 Å². The zero-order chi connectivity index (χ0) is 40.9. The van der Waals surface area contributed by atoms with Gasteiger partial charge in [0.15, 0.2) is 6.29 Å². The number of aliphatic hydroxyl groups excluding tert-OH is 5. The van der Waals surface area contributed by atoms with Crippen molar-refractivity contribution in [2.45, 2.75) is 243 Å². The molecule has 0 saturated carbocycles. The number of allylic oxidation sites excluding steroid dienone is 5. The van der Waals surface area contributed by atoms with Crippen molar-refractivity contribution in [3.8, 4) is 0 Å². The molecule has 56 heavy (non-hydrogen) atoms. The summed E-state index contributed by atoms with van der Waals surface area (Å²) in [6.45, 7) is 3.57. The lowest BCUT2D eigenvalue weighted by molar-refractivity contribution is -0.302. The van der Waals surface area contributed by atoms with Crippen LogP contribution >= 0.6 is 0 Å². The third-order valence-electron chi connectivity index (χ3n) is 10.9. The Balaban J connectivity index is 2.10. The van der Waals surface area contributed by atoms with Gasteiger partial charge in [-0.05, 0) is 44.9 Å². The first-order chi connectivity index (χ1) is 27.3. The summed E-state index contributed by atoms with van der Waals surface area (Å²) in [6, 6.07) is -0.821. The van der Waals surface area contributed by atoms with E-state index in [1.165, 1.54) is 135 Å². The van der Waals surface area contributed by atoms with Gasteiger partial charge in [0.25, 0.3) is 0 Å². The zero-order valence-corrected chi connectivity index (χ0v) is 35.9. The lowest BCUT2D eigenvalue weighted by atomic mass is 9.99. The Labute approximate surface area is 342 Å². The number of nitrogens with one attached hydrogen (secondary N) is 1. The van der Waals surface area contributed by atoms with E-state index >= 15 is 0 Å². The molecular formula is C47H87NO8. The number of amides is 1. The van der Waals surface area contributed by atoms with Gasteiger partial charge in [-0.1, -0.05) is 185 Å². The van der Waals surface area contributed by atoms with Gasteiger partial charge in [-0.3, -0.25) is 4.79 Å². The monoisotopic (exact) mass is 794 g/mol. The van der Waals surface area contributed by atoms with Crippen molar-refractivity contribution in [1.82, 2.24) is 5.32 Å². The van der Waals surface area contributed by atoms with Crippen LogP contribution in [0.3, 0.4) is 0 Å². The molecule has 1 aliphatic rings. The Kier molecular flexibility index (Phi) is 35.3. The van der Waals surface area contributed by atoms with E-state index in [0.29, 0.717) is 6.42 Å². The van der Waals surface area contributed by atoms with Crippen molar-refractivity contribution in [2.24, 2.45) is 0 Å². The Hall–Kier alpha value is -1.59. The van der Waals surface area contributed by atoms with Crippen LogP contribution in [0.4, 0.5) is 0 Å². The molecule has 0 bridgehead atoms. The summed E-state index contributed by atoms with van der Waals surface area (Å²) in [5.74, 6) is -0.217. The molecule has 1 amide bonds. The highest BCUT2D eigenvalue weighted by Gasteiger charge is 2.44. The zero-order valence-electron chi connectivity index (χ0n) is 35.9. The Morgan fingerprint density at radius 3 is 1.50 bits per heavy atom. The molecule has 1 saturated heterocycles. The van der Waals surface area contributed by atoms with Gasteiger partial charge in [-0.2, -0.15) is 0 Å². The van der Waals surface area contributed by atoms with Crippen molar-refractivity contribution in [2.75, 3.05) is 13.2 Å². The topological polar surface area (TPSA) is 149 Å². The standard InChI is InChI=1S/C47H87NO8/c1-3-5-7-8-9-10-11-12-13-14-15-16-17-18-19-20-21-22-23-24-25-26-27-28-29-30-31-32-33-35-36-41(50)40(48-43(51)37-34-6-4-2)39-55-47-46(54)45(53)44(52)42(38-49)56-47/h26-27,30-31,35-36,40-42,44-47,49-50,52-54H,3-25,28-29,32-34,37-39H2,1-2H3,(H,48,51)/b27-26+,31-30+,36-35+. The molecule has 9 nitrogen and oxygen atoms in total. The molecule has 7 unspecified atom stereocenters. The van der Waals surface area contributed by atoms with E-state index in [4.69, 9.17) is 9.47 Å². The maximum atomic E-state index is 12.6. The van der Waals surface area contributed by atoms with Gasteiger partial charge >= 0.3 is 0 Å². The van der Waals surface area contributed by atoms with Crippen molar-refractivity contribution >= 4 is 5.91 Å². The molecule has 1 heterocycles. The van der Waals surface area contributed by atoms with Crippen LogP contribution in [0.25, 0.3) is 0 Å². The third-order valence-corrected chi connectivity index (χ3v) is 10.9. The summed E-state index contributed by atoms with van der Waals surface area (Å²) in [5, 5.41) is 53.5. The molecule has 7 atom stereocenters. The van der Waals surface area contributed by atoms with Gasteiger partial charge in [0.05, 0.1) is 25.4 Å². The maximum Gasteiger partial charge on any atom is 0.220 e. The number of unbranched alkanes of at least 4 members (excludes halogenated alkanes) is 24. The Bertz CT molecular complexity index is 972. The van der Waals surface area contributed by atoms with Crippen molar-refractivity contribution in [1.29, 1.82) is 0 Å². The normalized spacial score (nSPS) is 21.4. The second-order valence-electron chi connectivity index (χ2n) is 16.2. The van der Waals surface area contributed by atoms with Gasteiger partial charge in [0.1, 0.15) is 24.4 Å². The van der Waals surface area contributed by atoms with Gasteiger partial charge in [0.2, 0.25) is 5.91 Å². The predicted octanol–water partition coefficient (Wildman–Crippen LogP) is 9.67. The van der Waals surface area contributed by atoms with E-state index in [0.717, 1.165) is 44.9 Å². The van der Waals surface area contributed by atoms with Crippen LogP contribution in [0, 0.1) is 0 Å². The first-order valence-electron chi connectivity index (χ1n) is 23.2. The number of aliphatic hydroxyl groups is 5. The van der Waals surface area contributed by atoms with Gasteiger partial charge in [-0.15, -0.1) is 0 Å². The van der Waals surface area contributed by atoms with Gasteiger partial charge in [0, 0.05) is 6.42 Å². The number of hydrogen-bond acceptors (Lipinski definition) is 8. The Morgan fingerprint density at radius 2 is 1.02 bits per heavy atom. The van der Waals surface area contributed by atoms with Crippen LogP contribution in [0.15, 0.2) is 36.5 Å². The maximum absolute atomic E-state index is 12.6. The second kappa shape index (κ2) is 37.7. The molecule has 0 aromatic heterocycles. The fourth-order valence-corrected chi connectivity index (χ4v) is 7.19. The van der Waals surface area contributed by atoms with Crippen LogP contribution in [0.1, 0.15) is 200 Å². The minimum atomic E-state index is -1.57. The molecule has 0 radical (unpaired) electrons. The average Bonchev–Trinajstić information content (AvgIpc) is 3.19. The SMILES string of the molecule is CCCCCCCCCCCCCCCCCCCCCC/C=C/CC/C=C/CC/C=C/C(O)C(COC1OC(CO)C(O)C(O)C1O)NC(=O)CCCCC. The smallest absolute Gasteiger partial charge is 0.220 e. The highest BCUT2D eigenvalue weighted by molar-refractivity contribution is 5.76. The van der Waals surface area contributed by atoms with Crippen LogP contribution < -0.4 is 5.32 Å². The fraction of sp³-hybridized carbons (Fsp3) is 0.851. The minimum absolute atomic E-state index is 0.208. The van der Waals surface area contributed by atoms with Crippen LogP contribution in [-0.2, 0) is 14.3 Å². The van der Waals surface area contributed by atoms with Gasteiger partial charge in [-0.25, -0.2) is 0 Å². The summed E-state index contributed by atoms with van der Waals surface area (Å²) in [4.78, 5) is 12.6. The minimum Gasteiger partial charge on any atom is -0.394 e. The quantitative estimate of drug-likeness (QED) is 0.0268. The van der Waals surface area contributed by atoms with E-state index in [2.05, 4.69) is 43.5 Å². The molecule has 0 aromatic carbocycles. The summed E-state index contributed by atoms with van der Waals surface area (Å²) >= 11 is 0. The first-order valence-corrected chi connectivity index (χ1v) is 23.2. The number of carbonyl (C=O) groups is 1. The number of hydrogen-bond donors (Lipinski definition) is 6. The molecule has 1 aliphatic heterocycles. The molecular weight excluding hydrogens is 707 g/mol. The average molecular weight is 794 g/mol. The third kappa shape index (κ3) is 27.9. The lowest BCUT2D eigenvalue weighted by Gasteiger charge is -2.40. The highest BCUT2D eigenvalue weighted by Crippen LogP contribution is 2.22. The molecule has 1 rings (SSSR count). The molecule has 0 aliphatic carbocycles. The van der Waals surface area contributed by atoms with Crippen LogP contribution in [-0.4, -0.2) is 87.5 Å². The summed E-state index contributed by atoms with van der Waals surface area (Å²) in [6.07, 6.45) is 40.3. The molecule has 0 spiro atoms. The molecule has 6 N–H and O–H groups in total. The molecule has 0 aromatic rings. The van der Waals surface area contributed by atoms with Crippen LogP contribution in [0.5, 0.6) is 0 Å². The molecule has 328 valence electrons. The molecule has 1 fully saturated rings. The van der Waals surface area contributed by atoms with E-state index in [-0.39, 0.29) is 12.5 Å². The fourth-order valence-electron chi connectivity index (χ4n) is 7.19. The largest absolute Gasteiger partial charge is 0.394 e. The van der Waals surface area contributed by atoms with E-state index < -0.39 is 49.5 Å². The first kappa shape index (κ1) is 52.4. The molecule has 9 heteroatoms. The lowest BCUT2D eigenvalue weighted by Crippen LogP contribution is -2.60. The highest BCUT2D eigenvalue weighted by atomic mass is 16.7. The number of ether oxygens (including phenoxy) is 2. The number of carbonyl (C=O) groups excluding carboxylic acids is 1. The van der Waals surface area contributed by atoms with E-state index in [1.54, 1.807) is 6.08 Å². The predicted molar refractivity (Wildman–Crippen MR) is 230 cm³/mol. The summed E-state index contributed by atoms with van der Waals surface area (Å²) < 4.78 is 11.1. The summed E-state index contributed by atoms with van der Waals surface area (Å²) in [5.41, 5.74) is 0. The van der Waals surface area contributed by atoms with Crippen molar-refractivity contribution in [3.05, 3.63) is 36.5 Å². The Morgan fingerprint density at radius 1 is 0.589 bits per heavy atom. The second-order valence-corrected chi connectivity index (χ2v) is 16.2. The van der Waals surface area contributed by atoms with E-state index in [9.17, 15) is 30.3 Å². The van der Waals surface area contributed by atoms with Gasteiger partial charge < -0.3 is 40.3 Å². The summed E-state index contributed by atoms with van der Waals surface area (Å²) in [7, 11) is 0. The van der Waals surface area contributed by atoms with Crippen molar-refractivity contribution in [3.63, 3.8) is 0 Å².